The lowest BCUT2D eigenvalue weighted by Gasteiger charge is -2.19. The van der Waals surface area contributed by atoms with E-state index in [1.54, 1.807) is 24.3 Å². The Kier molecular flexibility index (Phi) is 7.55. The van der Waals surface area contributed by atoms with Crippen LogP contribution in [0.15, 0.2) is 48.5 Å². The lowest BCUT2D eigenvalue weighted by molar-refractivity contribution is -0.137. The third-order valence-electron chi connectivity index (χ3n) is 3.69. The SMILES string of the molecule is COc1ccc([C@H](CC(=O)O)NC(=O)OCc2ccccc2)cc1OC(F)F. The number of halogens is 2. The summed E-state index contributed by atoms with van der Waals surface area (Å²) in [5.41, 5.74) is 1.00. The third-order valence-corrected chi connectivity index (χ3v) is 3.69. The summed E-state index contributed by atoms with van der Waals surface area (Å²) in [6.07, 6.45) is -1.33. The van der Waals surface area contributed by atoms with Crippen LogP contribution in [0.4, 0.5) is 13.6 Å². The normalized spacial score (nSPS) is 11.6. The number of amides is 1. The van der Waals surface area contributed by atoms with Crippen molar-refractivity contribution in [2.24, 2.45) is 0 Å². The first-order valence-corrected chi connectivity index (χ1v) is 8.20. The molecule has 9 heteroatoms. The van der Waals surface area contributed by atoms with E-state index >= 15 is 0 Å². The second-order valence-corrected chi connectivity index (χ2v) is 5.65. The Hall–Kier alpha value is -3.36. The van der Waals surface area contributed by atoms with E-state index in [-0.39, 0.29) is 23.7 Å². The number of rotatable bonds is 9. The van der Waals surface area contributed by atoms with Gasteiger partial charge in [-0.1, -0.05) is 36.4 Å². The maximum absolute atomic E-state index is 12.6. The van der Waals surface area contributed by atoms with Crippen molar-refractivity contribution in [3.63, 3.8) is 0 Å². The summed E-state index contributed by atoms with van der Waals surface area (Å²) < 4.78 is 39.6. The molecule has 0 fully saturated rings. The van der Waals surface area contributed by atoms with Gasteiger partial charge in [0.25, 0.3) is 0 Å². The lowest BCUT2D eigenvalue weighted by Crippen LogP contribution is -2.30. The van der Waals surface area contributed by atoms with Gasteiger partial charge in [0, 0.05) is 0 Å². The smallest absolute Gasteiger partial charge is 0.407 e. The standard InChI is InChI=1S/C19H19F2NO6/c1-26-15-8-7-13(9-16(15)28-18(20)21)14(10-17(23)24)22-19(25)27-11-12-5-3-2-4-6-12/h2-9,14,18H,10-11H2,1H3,(H,22,25)(H,23,24)/t14-/m0/s1. The van der Waals surface area contributed by atoms with Gasteiger partial charge in [-0.25, -0.2) is 4.79 Å². The van der Waals surface area contributed by atoms with Gasteiger partial charge in [-0.15, -0.1) is 0 Å². The molecular weight excluding hydrogens is 376 g/mol. The average Bonchev–Trinajstić information content (AvgIpc) is 2.66. The van der Waals surface area contributed by atoms with Crippen LogP contribution in [-0.2, 0) is 16.1 Å². The highest BCUT2D eigenvalue weighted by atomic mass is 19.3. The number of carboxylic acid groups (broad SMARTS) is 1. The minimum Gasteiger partial charge on any atom is -0.493 e. The van der Waals surface area contributed by atoms with Crippen LogP contribution in [0.2, 0.25) is 0 Å². The van der Waals surface area contributed by atoms with Crippen molar-refractivity contribution < 1.29 is 37.7 Å². The van der Waals surface area contributed by atoms with Crippen molar-refractivity contribution in [3.05, 3.63) is 59.7 Å². The molecule has 150 valence electrons. The predicted molar refractivity (Wildman–Crippen MR) is 94.4 cm³/mol. The fourth-order valence-electron chi connectivity index (χ4n) is 2.43. The molecule has 2 aromatic rings. The van der Waals surface area contributed by atoms with Crippen LogP contribution in [-0.4, -0.2) is 30.9 Å². The summed E-state index contributed by atoms with van der Waals surface area (Å²) in [6, 6.07) is 11.9. The van der Waals surface area contributed by atoms with E-state index in [1.807, 2.05) is 6.07 Å². The van der Waals surface area contributed by atoms with Crippen molar-refractivity contribution >= 4 is 12.1 Å². The van der Waals surface area contributed by atoms with Gasteiger partial charge in [0.1, 0.15) is 6.61 Å². The predicted octanol–water partition coefficient (Wildman–Crippen LogP) is 3.74. The number of carbonyl (C=O) groups is 2. The van der Waals surface area contributed by atoms with Crippen LogP contribution in [0.3, 0.4) is 0 Å². The molecule has 1 amide bonds. The molecular formula is C19H19F2NO6. The quantitative estimate of drug-likeness (QED) is 0.672. The molecule has 0 heterocycles. The van der Waals surface area contributed by atoms with E-state index in [0.717, 1.165) is 5.56 Å². The number of carboxylic acids is 1. The Morgan fingerprint density at radius 3 is 2.43 bits per heavy atom. The van der Waals surface area contributed by atoms with Crippen LogP contribution in [0.25, 0.3) is 0 Å². The van der Waals surface area contributed by atoms with Gasteiger partial charge in [0.2, 0.25) is 0 Å². The summed E-state index contributed by atoms with van der Waals surface area (Å²) >= 11 is 0. The molecule has 0 aliphatic rings. The largest absolute Gasteiger partial charge is 0.493 e. The Morgan fingerprint density at radius 2 is 1.82 bits per heavy atom. The van der Waals surface area contributed by atoms with Crippen LogP contribution in [0.5, 0.6) is 11.5 Å². The van der Waals surface area contributed by atoms with Crippen LogP contribution in [0.1, 0.15) is 23.6 Å². The number of alkyl halides is 2. The zero-order valence-electron chi connectivity index (χ0n) is 14.9. The molecule has 0 saturated carbocycles. The first-order chi connectivity index (χ1) is 13.4. The maximum atomic E-state index is 12.6. The van der Waals surface area contributed by atoms with Crippen molar-refractivity contribution in [1.29, 1.82) is 0 Å². The van der Waals surface area contributed by atoms with Crippen molar-refractivity contribution in [2.75, 3.05) is 7.11 Å². The molecule has 0 aromatic heterocycles. The molecule has 0 saturated heterocycles. The highest BCUT2D eigenvalue weighted by Crippen LogP contribution is 2.32. The number of nitrogens with one attached hydrogen (secondary N) is 1. The Morgan fingerprint density at radius 1 is 1.11 bits per heavy atom. The van der Waals surface area contributed by atoms with E-state index in [9.17, 15) is 18.4 Å². The first-order valence-electron chi connectivity index (χ1n) is 8.20. The minimum absolute atomic E-state index is 0.00514. The number of hydrogen-bond acceptors (Lipinski definition) is 5. The minimum atomic E-state index is -3.09. The average molecular weight is 395 g/mol. The van der Waals surface area contributed by atoms with E-state index in [2.05, 4.69) is 10.1 Å². The van der Waals surface area contributed by atoms with Crippen LogP contribution in [0, 0.1) is 0 Å². The monoisotopic (exact) mass is 395 g/mol. The number of alkyl carbamates (subject to hydrolysis) is 1. The molecule has 0 bridgehead atoms. The molecule has 28 heavy (non-hydrogen) atoms. The zero-order chi connectivity index (χ0) is 20.5. The second kappa shape index (κ2) is 10.1. The molecule has 2 aromatic carbocycles. The molecule has 2 rings (SSSR count). The third kappa shape index (κ3) is 6.42. The molecule has 0 unspecified atom stereocenters. The fraction of sp³-hybridized carbons (Fsp3) is 0.263. The van der Waals surface area contributed by atoms with Gasteiger partial charge in [0.05, 0.1) is 19.6 Å². The number of hydrogen-bond donors (Lipinski definition) is 2. The number of ether oxygens (including phenoxy) is 3. The zero-order valence-corrected chi connectivity index (χ0v) is 14.9. The number of aliphatic carboxylic acids is 1. The van der Waals surface area contributed by atoms with Gasteiger partial charge < -0.3 is 24.6 Å². The van der Waals surface area contributed by atoms with E-state index in [1.165, 1.54) is 25.3 Å². The summed E-state index contributed by atoms with van der Waals surface area (Å²) in [4.78, 5) is 23.2. The number of methoxy groups -OCH3 is 1. The van der Waals surface area contributed by atoms with Gasteiger partial charge in [-0.05, 0) is 23.3 Å². The van der Waals surface area contributed by atoms with E-state index < -0.39 is 31.1 Å². The number of benzene rings is 2. The Labute approximate surface area is 159 Å². The first kappa shape index (κ1) is 20.9. The lowest BCUT2D eigenvalue weighted by atomic mass is 10.0. The fourth-order valence-corrected chi connectivity index (χ4v) is 2.43. The van der Waals surface area contributed by atoms with Crippen LogP contribution < -0.4 is 14.8 Å². The molecule has 0 radical (unpaired) electrons. The van der Waals surface area contributed by atoms with Crippen molar-refractivity contribution in [1.82, 2.24) is 5.32 Å². The Balaban J connectivity index is 2.13. The summed E-state index contributed by atoms with van der Waals surface area (Å²) in [5.74, 6) is -1.42. The number of carbonyl (C=O) groups excluding carboxylic acids is 1. The van der Waals surface area contributed by atoms with Crippen molar-refractivity contribution in [3.8, 4) is 11.5 Å². The van der Waals surface area contributed by atoms with Gasteiger partial charge >= 0.3 is 18.7 Å². The molecule has 2 N–H and O–H groups in total. The molecule has 7 nitrogen and oxygen atoms in total. The topological polar surface area (TPSA) is 94.1 Å². The van der Waals surface area contributed by atoms with Crippen LogP contribution >= 0.6 is 0 Å². The van der Waals surface area contributed by atoms with Crippen molar-refractivity contribution in [2.45, 2.75) is 25.7 Å². The molecule has 0 spiro atoms. The highest BCUT2D eigenvalue weighted by molar-refractivity contribution is 5.72. The maximum Gasteiger partial charge on any atom is 0.407 e. The van der Waals surface area contributed by atoms with E-state index in [4.69, 9.17) is 14.6 Å². The van der Waals surface area contributed by atoms with E-state index in [0.29, 0.717) is 0 Å². The van der Waals surface area contributed by atoms with Gasteiger partial charge in [-0.2, -0.15) is 8.78 Å². The van der Waals surface area contributed by atoms with Gasteiger partial charge in [-0.3, -0.25) is 4.79 Å². The second-order valence-electron chi connectivity index (χ2n) is 5.65. The molecule has 0 aliphatic heterocycles. The summed E-state index contributed by atoms with van der Waals surface area (Å²) in [5, 5.41) is 11.5. The van der Waals surface area contributed by atoms with Gasteiger partial charge in [0.15, 0.2) is 11.5 Å². The summed E-state index contributed by atoms with van der Waals surface area (Å²) in [7, 11) is 1.28. The highest BCUT2D eigenvalue weighted by Gasteiger charge is 2.21. The Bertz CT molecular complexity index is 800. The molecule has 0 aliphatic carbocycles. The molecule has 1 atom stereocenters. The summed E-state index contributed by atoms with van der Waals surface area (Å²) in [6.45, 7) is -3.10.